The van der Waals surface area contributed by atoms with Gasteiger partial charge in [0.2, 0.25) is 0 Å². The molecule has 1 saturated heterocycles. The zero-order chi connectivity index (χ0) is 16.2. The summed E-state index contributed by atoms with van der Waals surface area (Å²) in [6.07, 6.45) is 0. The number of methoxy groups -OCH3 is 1. The highest BCUT2D eigenvalue weighted by Gasteiger charge is 2.19. The van der Waals surface area contributed by atoms with Crippen LogP contribution in [0.4, 0.5) is 5.69 Å². The third-order valence-electron chi connectivity index (χ3n) is 4.25. The molecule has 122 valence electrons. The van der Waals surface area contributed by atoms with E-state index in [1.54, 1.807) is 7.11 Å². The summed E-state index contributed by atoms with van der Waals surface area (Å²) >= 11 is 12.5. The van der Waals surface area contributed by atoms with Gasteiger partial charge in [0.25, 0.3) is 0 Å². The first-order valence-corrected chi connectivity index (χ1v) is 8.47. The van der Waals surface area contributed by atoms with Gasteiger partial charge in [-0.3, -0.25) is 4.90 Å². The Kier molecular flexibility index (Phi) is 5.31. The lowest BCUT2D eigenvalue weighted by Gasteiger charge is -2.36. The zero-order valence-corrected chi connectivity index (χ0v) is 14.6. The molecule has 1 fully saturated rings. The number of nitrogens with zero attached hydrogens (tertiary/aromatic N) is 2. The van der Waals surface area contributed by atoms with Gasteiger partial charge in [0, 0.05) is 54.0 Å². The molecule has 0 saturated carbocycles. The molecule has 0 aliphatic carbocycles. The van der Waals surface area contributed by atoms with Crippen LogP contribution in [0.15, 0.2) is 42.5 Å². The van der Waals surface area contributed by atoms with E-state index in [0.29, 0.717) is 0 Å². The lowest BCUT2D eigenvalue weighted by atomic mass is 10.2. The Bertz CT molecular complexity index is 632. The molecule has 0 amide bonds. The van der Waals surface area contributed by atoms with Crippen LogP contribution in [0.3, 0.4) is 0 Å². The predicted molar refractivity (Wildman–Crippen MR) is 96.9 cm³/mol. The van der Waals surface area contributed by atoms with Gasteiger partial charge in [0.05, 0.1) is 7.11 Å². The van der Waals surface area contributed by atoms with Crippen molar-refractivity contribution in [1.82, 2.24) is 4.90 Å². The molecule has 3 rings (SSSR count). The summed E-state index contributed by atoms with van der Waals surface area (Å²) in [5.74, 6) is 0.890. The monoisotopic (exact) mass is 350 g/mol. The first-order chi connectivity index (χ1) is 11.2. The van der Waals surface area contributed by atoms with Crippen LogP contribution in [0.1, 0.15) is 5.56 Å². The average molecular weight is 351 g/mol. The highest BCUT2D eigenvalue weighted by atomic mass is 35.5. The summed E-state index contributed by atoms with van der Waals surface area (Å²) < 4.78 is 5.21. The van der Waals surface area contributed by atoms with E-state index in [1.165, 1.54) is 5.69 Å². The van der Waals surface area contributed by atoms with Crippen LogP contribution in [-0.4, -0.2) is 38.2 Å². The fourth-order valence-electron chi connectivity index (χ4n) is 2.86. The molecule has 0 atom stereocenters. The largest absolute Gasteiger partial charge is 0.497 e. The summed E-state index contributed by atoms with van der Waals surface area (Å²) in [6.45, 7) is 4.78. The van der Waals surface area contributed by atoms with E-state index < -0.39 is 0 Å². The number of benzene rings is 2. The molecule has 5 heteroatoms. The summed E-state index contributed by atoms with van der Waals surface area (Å²) in [5.41, 5.74) is 2.26. The van der Waals surface area contributed by atoms with E-state index in [1.807, 2.05) is 30.3 Å². The molecule has 1 aliphatic rings. The first kappa shape index (κ1) is 16.4. The Morgan fingerprint density at radius 1 is 0.913 bits per heavy atom. The van der Waals surface area contributed by atoms with Gasteiger partial charge in [0.1, 0.15) is 5.75 Å². The number of piperazine rings is 1. The molecule has 0 aromatic heterocycles. The standard InChI is InChI=1S/C18H20Cl2N2O/c1-23-15-7-5-14(6-8-15)22-11-9-21(10-12-22)13-16-17(19)3-2-4-18(16)20/h2-8H,9-13H2,1H3. The van der Waals surface area contributed by atoms with Crippen molar-refractivity contribution in [3.05, 3.63) is 58.1 Å². The summed E-state index contributed by atoms with van der Waals surface area (Å²) in [5, 5.41) is 1.49. The lowest BCUT2D eigenvalue weighted by molar-refractivity contribution is 0.250. The summed E-state index contributed by atoms with van der Waals surface area (Å²) in [4.78, 5) is 4.79. The van der Waals surface area contributed by atoms with Crippen molar-refractivity contribution >= 4 is 28.9 Å². The van der Waals surface area contributed by atoms with Gasteiger partial charge >= 0.3 is 0 Å². The SMILES string of the molecule is COc1ccc(N2CCN(Cc3c(Cl)cccc3Cl)CC2)cc1. The van der Waals surface area contributed by atoms with Gasteiger partial charge < -0.3 is 9.64 Å². The molecule has 2 aromatic rings. The number of hydrogen-bond donors (Lipinski definition) is 0. The lowest BCUT2D eigenvalue weighted by Crippen LogP contribution is -2.46. The van der Waals surface area contributed by atoms with E-state index in [-0.39, 0.29) is 0 Å². The number of hydrogen-bond acceptors (Lipinski definition) is 3. The highest BCUT2D eigenvalue weighted by Crippen LogP contribution is 2.27. The maximum Gasteiger partial charge on any atom is 0.119 e. The Labute approximate surface area is 147 Å². The molecule has 1 aliphatic heterocycles. The third kappa shape index (κ3) is 3.92. The Balaban J connectivity index is 1.60. The molecule has 0 radical (unpaired) electrons. The molecule has 23 heavy (non-hydrogen) atoms. The second kappa shape index (κ2) is 7.43. The van der Waals surface area contributed by atoms with Gasteiger partial charge in [-0.2, -0.15) is 0 Å². The van der Waals surface area contributed by atoms with Crippen LogP contribution in [0, 0.1) is 0 Å². The van der Waals surface area contributed by atoms with E-state index in [9.17, 15) is 0 Å². The van der Waals surface area contributed by atoms with Crippen LogP contribution >= 0.6 is 23.2 Å². The number of rotatable bonds is 4. The second-order valence-corrected chi connectivity index (χ2v) is 6.48. The van der Waals surface area contributed by atoms with Gasteiger partial charge in [-0.1, -0.05) is 29.3 Å². The molecule has 0 bridgehead atoms. The average Bonchev–Trinajstić information content (AvgIpc) is 2.59. The normalized spacial score (nSPS) is 15.7. The maximum atomic E-state index is 6.27. The summed E-state index contributed by atoms with van der Waals surface area (Å²) in [6, 6.07) is 13.9. The van der Waals surface area contributed by atoms with Crippen LogP contribution in [0.2, 0.25) is 10.0 Å². The minimum Gasteiger partial charge on any atom is -0.497 e. The van der Waals surface area contributed by atoms with E-state index in [0.717, 1.165) is 54.1 Å². The highest BCUT2D eigenvalue weighted by molar-refractivity contribution is 6.35. The Hall–Kier alpha value is -1.42. The van der Waals surface area contributed by atoms with Crippen LogP contribution in [0.5, 0.6) is 5.75 Å². The van der Waals surface area contributed by atoms with E-state index >= 15 is 0 Å². The molecule has 3 nitrogen and oxygen atoms in total. The number of ether oxygens (including phenoxy) is 1. The number of halogens is 2. The fourth-order valence-corrected chi connectivity index (χ4v) is 3.38. The third-order valence-corrected chi connectivity index (χ3v) is 4.96. The summed E-state index contributed by atoms with van der Waals surface area (Å²) in [7, 11) is 1.69. The fraction of sp³-hybridized carbons (Fsp3) is 0.333. The maximum absolute atomic E-state index is 6.27. The topological polar surface area (TPSA) is 15.7 Å². The quantitative estimate of drug-likeness (QED) is 0.816. The minimum atomic E-state index is 0.745. The van der Waals surface area contributed by atoms with Gasteiger partial charge in [-0.05, 0) is 36.4 Å². The van der Waals surface area contributed by atoms with Gasteiger partial charge in [0.15, 0.2) is 0 Å². The van der Waals surface area contributed by atoms with Gasteiger partial charge in [-0.15, -0.1) is 0 Å². The molecule has 1 heterocycles. The molecule has 0 spiro atoms. The van der Waals surface area contributed by atoms with E-state index in [2.05, 4.69) is 21.9 Å². The molecular formula is C18H20Cl2N2O. The molecule has 0 N–H and O–H groups in total. The van der Waals surface area contributed by atoms with Crippen molar-refractivity contribution in [2.24, 2.45) is 0 Å². The first-order valence-electron chi connectivity index (χ1n) is 7.71. The Morgan fingerprint density at radius 3 is 2.09 bits per heavy atom. The minimum absolute atomic E-state index is 0.745. The van der Waals surface area contributed by atoms with Crippen molar-refractivity contribution in [3.8, 4) is 5.75 Å². The second-order valence-electron chi connectivity index (χ2n) is 5.66. The van der Waals surface area contributed by atoms with E-state index in [4.69, 9.17) is 27.9 Å². The zero-order valence-electron chi connectivity index (χ0n) is 13.1. The van der Waals surface area contributed by atoms with Crippen LogP contribution in [-0.2, 0) is 6.54 Å². The van der Waals surface area contributed by atoms with Crippen molar-refractivity contribution in [3.63, 3.8) is 0 Å². The molecule has 0 unspecified atom stereocenters. The van der Waals surface area contributed by atoms with Crippen LogP contribution < -0.4 is 9.64 Å². The van der Waals surface area contributed by atoms with Crippen molar-refractivity contribution in [1.29, 1.82) is 0 Å². The van der Waals surface area contributed by atoms with Crippen molar-refractivity contribution in [2.75, 3.05) is 38.2 Å². The van der Waals surface area contributed by atoms with Crippen molar-refractivity contribution in [2.45, 2.75) is 6.54 Å². The van der Waals surface area contributed by atoms with Gasteiger partial charge in [-0.25, -0.2) is 0 Å². The smallest absolute Gasteiger partial charge is 0.119 e. The van der Waals surface area contributed by atoms with Crippen LogP contribution in [0.25, 0.3) is 0 Å². The van der Waals surface area contributed by atoms with Crippen molar-refractivity contribution < 1.29 is 4.74 Å². The number of anilines is 1. The molecule has 2 aromatic carbocycles. The molecular weight excluding hydrogens is 331 g/mol. The predicted octanol–water partition coefficient (Wildman–Crippen LogP) is 4.32. The Morgan fingerprint density at radius 2 is 1.52 bits per heavy atom.